The summed E-state index contributed by atoms with van der Waals surface area (Å²) in [5.41, 5.74) is 12.7. The fraction of sp³-hybridized carbons (Fsp3) is 0.0196. The molecule has 1 aliphatic heterocycles. The maximum Gasteiger partial charge on any atom is 0.235 e. The lowest BCUT2D eigenvalue weighted by Crippen LogP contribution is -2.90. The summed E-state index contributed by atoms with van der Waals surface area (Å²) < 4.78 is 8.86. The van der Waals surface area contributed by atoms with E-state index in [1.807, 2.05) is 12.1 Å². The lowest BCUT2D eigenvalue weighted by molar-refractivity contribution is -0.586. The van der Waals surface area contributed by atoms with E-state index in [1.54, 1.807) is 0 Å². The number of hydrogen-bond acceptors (Lipinski definition) is 3. The number of nitrogens with zero attached hydrogens (tertiary/aromatic N) is 3. The number of nitrogens with two attached hydrogens (primary N) is 1. The van der Waals surface area contributed by atoms with Gasteiger partial charge in [-0.1, -0.05) is 133 Å². The molecule has 0 amide bonds. The van der Waals surface area contributed by atoms with Gasteiger partial charge >= 0.3 is 0 Å². The molecular formula is C51H35N4O+. The zero-order chi connectivity index (χ0) is 37.0. The van der Waals surface area contributed by atoms with Gasteiger partial charge in [0.2, 0.25) is 12.0 Å². The minimum atomic E-state index is -0.240. The Balaban J connectivity index is 1.17. The highest BCUT2D eigenvalue weighted by Crippen LogP contribution is 2.41. The molecule has 0 aliphatic carbocycles. The molecule has 0 saturated carbocycles. The Morgan fingerprint density at radius 3 is 1.89 bits per heavy atom. The first-order chi connectivity index (χ1) is 27.7. The van der Waals surface area contributed by atoms with Crippen LogP contribution in [0.2, 0.25) is 0 Å². The molecule has 1 aliphatic rings. The van der Waals surface area contributed by atoms with Crippen molar-refractivity contribution in [2.75, 3.05) is 0 Å². The summed E-state index contributed by atoms with van der Waals surface area (Å²) in [5, 5.41) is 6.76. The first-order valence-corrected chi connectivity index (χ1v) is 19.0. The van der Waals surface area contributed by atoms with Crippen LogP contribution in [0.3, 0.4) is 0 Å². The molecule has 8 aromatic carbocycles. The van der Waals surface area contributed by atoms with Crippen molar-refractivity contribution in [3.05, 3.63) is 211 Å². The van der Waals surface area contributed by atoms with Crippen LogP contribution in [-0.2, 0) is 0 Å². The van der Waals surface area contributed by atoms with Gasteiger partial charge in [-0.25, -0.2) is 4.99 Å². The van der Waals surface area contributed by atoms with E-state index in [0.29, 0.717) is 5.84 Å². The summed E-state index contributed by atoms with van der Waals surface area (Å²) in [6.07, 6.45) is -0.240. The summed E-state index contributed by atoms with van der Waals surface area (Å²) >= 11 is 0. The van der Waals surface area contributed by atoms with Crippen molar-refractivity contribution in [1.82, 2.24) is 4.57 Å². The van der Waals surface area contributed by atoms with Crippen LogP contribution in [0.4, 0.5) is 0 Å². The van der Waals surface area contributed by atoms with E-state index < -0.39 is 0 Å². The van der Waals surface area contributed by atoms with Crippen LogP contribution in [0.5, 0.6) is 0 Å². The van der Waals surface area contributed by atoms with E-state index in [2.05, 4.69) is 192 Å². The maximum absolute atomic E-state index is 6.45. The second-order valence-corrected chi connectivity index (χ2v) is 14.3. The number of amidine groups is 2. The van der Waals surface area contributed by atoms with Gasteiger partial charge < -0.3 is 8.98 Å². The Labute approximate surface area is 323 Å². The predicted molar refractivity (Wildman–Crippen MR) is 230 cm³/mol. The predicted octanol–water partition coefficient (Wildman–Crippen LogP) is 11.5. The highest BCUT2D eigenvalue weighted by atomic mass is 16.3. The van der Waals surface area contributed by atoms with E-state index in [1.165, 1.54) is 16.3 Å². The molecule has 10 aromatic rings. The largest absolute Gasteiger partial charge is 0.456 e. The van der Waals surface area contributed by atoms with Crippen molar-refractivity contribution in [2.45, 2.75) is 6.17 Å². The van der Waals surface area contributed by atoms with Gasteiger partial charge in [0.1, 0.15) is 11.2 Å². The molecule has 1 unspecified atom stereocenters. The Hall–Kier alpha value is -7.34. The average Bonchev–Trinajstić information content (AvgIpc) is 3.83. The van der Waals surface area contributed by atoms with E-state index in [4.69, 9.17) is 14.4 Å². The Morgan fingerprint density at radius 1 is 0.464 bits per heavy atom. The van der Waals surface area contributed by atoms with E-state index >= 15 is 0 Å². The first kappa shape index (κ1) is 32.1. The third-order valence-corrected chi connectivity index (χ3v) is 10.9. The molecule has 3 heterocycles. The summed E-state index contributed by atoms with van der Waals surface area (Å²) in [6.45, 7) is 0. The smallest absolute Gasteiger partial charge is 0.235 e. The fourth-order valence-corrected chi connectivity index (χ4v) is 8.31. The van der Waals surface area contributed by atoms with Gasteiger partial charge in [-0.2, -0.15) is 4.99 Å². The lowest BCUT2D eigenvalue weighted by Gasteiger charge is -2.20. The minimum Gasteiger partial charge on any atom is -0.456 e. The van der Waals surface area contributed by atoms with Gasteiger partial charge in [0.05, 0.1) is 22.0 Å². The zero-order valence-corrected chi connectivity index (χ0v) is 30.4. The molecule has 56 heavy (non-hydrogen) atoms. The van der Waals surface area contributed by atoms with E-state index in [0.717, 1.165) is 77.9 Å². The molecule has 0 bridgehead atoms. The maximum atomic E-state index is 6.45. The molecule has 0 radical (unpaired) electrons. The molecule has 2 N–H and O–H groups in total. The van der Waals surface area contributed by atoms with Crippen LogP contribution in [-0.4, -0.2) is 16.2 Å². The fourth-order valence-electron chi connectivity index (χ4n) is 8.31. The third-order valence-electron chi connectivity index (χ3n) is 10.9. The third kappa shape index (κ3) is 5.45. The lowest BCUT2D eigenvalue weighted by atomic mass is 10.00. The van der Waals surface area contributed by atoms with E-state index in [-0.39, 0.29) is 6.17 Å². The normalized spacial score (nSPS) is 14.4. The molecule has 11 rings (SSSR count). The average molecular weight is 720 g/mol. The van der Waals surface area contributed by atoms with Gasteiger partial charge in [0, 0.05) is 33.0 Å². The number of fused-ring (bicyclic) bond motifs is 7. The summed E-state index contributed by atoms with van der Waals surface area (Å²) in [6, 6.07) is 68.4. The van der Waals surface area contributed by atoms with Crippen molar-refractivity contribution >= 4 is 55.4 Å². The monoisotopic (exact) mass is 719 g/mol. The molecular weight excluding hydrogens is 685 g/mol. The number of rotatable bonds is 6. The molecule has 0 spiro atoms. The van der Waals surface area contributed by atoms with Crippen molar-refractivity contribution in [3.8, 4) is 27.9 Å². The molecule has 0 fully saturated rings. The van der Waals surface area contributed by atoms with Crippen LogP contribution in [0, 0.1) is 0 Å². The van der Waals surface area contributed by atoms with Crippen molar-refractivity contribution < 1.29 is 9.73 Å². The molecule has 5 heteroatoms. The Bertz CT molecular complexity index is 3160. The second kappa shape index (κ2) is 13.2. The topological polar surface area (TPSA) is 59.4 Å². The van der Waals surface area contributed by atoms with Gasteiger partial charge in [0.25, 0.3) is 0 Å². The SMILES string of the molecule is c1ccc(C2=NC(c3cc(-c4ccccc4)cc(-n4c5ccccc5c5ccc6oc7ccccc7c6c54)c3)=NC(c3cccc(-c4ccccc4)c3)[NH2+]2)cc1. The van der Waals surface area contributed by atoms with Crippen LogP contribution in [0.25, 0.3) is 71.7 Å². The quantitative estimate of drug-likeness (QED) is 0.183. The van der Waals surface area contributed by atoms with Crippen molar-refractivity contribution in [1.29, 1.82) is 0 Å². The van der Waals surface area contributed by atoms with Crippen molar-refractivity contribution in [2.24, 2.45) is 9.98 Å². The van der Waals surface area contributed by atoms with Gasteiger partial charge in [-0.15, -0.1) is 0 Å². The molecule has 0 saturated heterocycles. The Morgan fingerprint density at radius 2 is 1.11 bits per heavy atom. The zero-order valence-electron chi connectivity index (χ0n) is 30.4. The number of hydrogen-bond donors (Lipinski definition) is 1. The number of furan rings is 1. The van der Waals surface area contributed by atoms with E-state index in [9.17, 15) is 0 Å². The van der Waals surface area contributed by atoms with Crippen molar-refractivity contribution in [3.63, 3.8) is 0 Å². The van der Waals surface area contributed by atoms with Crippen LogP contribution in [0.15, 0.2) is 209 Å². The number of aliphatic imine (C=N–C) groups is 2. The number of benzene rings is 8. The number of aromatic nitrogens is 1. The molecule has 2 aromatic heterocycles. The van der Waals surface area contributed by atoms with Gasteiger partial charge in [-0.3, -0.25) is 5.32 Å². The van der Waals surface area contributed by atoms with Crippen LogP contribution < -0.4 is 5.32 Å². The number of para-hydroxylation sites is 2. The van der Waals surface area contributed by atoms with Crippen LogP contribution >= 0.6 is 0 Å². The second-order valence-electron chi connectivity index (χ2n) is 14.3. The standard InChI is InChI=1S/C51H34N4O/c1-4-15-33(16-5-1)36-21-14-22-37(29-36)50-52-49(35-19-8-3-9-20-35)53-51(54-50)39-30-38(34-17-6-2-7-18-34)31-40(32-39)55-44-25-12-10-23-41(44)42-27-28-46-47(48(42)55)43-24-11-13-26-45(43)56-46/h1-32,50H,(H,52,53,54)/p+1. The van der Waals surface area contributed by atoms with Gasteiger partial charge in [-0.05, 0) is 82.9 Å². The Kier molecular flexibility index (Phi) is 7.57. The summed E-state index contributed by atoms with van der Waals surface area (Å²) in [7, 11) is 0. The first-order valence-electron chi connectivity index (χ1n) is 19.0. The highest BCUT2D eigenvalue weighted by Gasteiger charge is 2.27. The molecule has 1 atom stereocenters. The highest BCUT2D eigenvalue weighted by molar-refractivity contribution is 6.24. The summed E-state index contributed by atoms with van der Waals surface area (Å²) in [5.74, 6) is 1.60. The minimum absolute atomic E-state index is 0.240. The van der Waals surface area contributed by atoms with Gasteiger partial charge in [0.15, 0.2) is 5.84 Å². The number of quaternary nitrogens is 1. The molecule has 264 valence electrons. The van der Waals surface area contributed by atoms with Crippen LogP contribution in [0.1, 0.15) is 22.9 Å². The summed E-state index contributed by atoms with van der Waals surface area (Å²) in [4.78, 5) is 10.8. The molecule has 5 nitrogen and oxygen atoms in total.